The van der Waals surface area contributed by atoms with Crippen molar-refractivity contribution in [2.24, 2.45) is 0 Å². The zero-order valence-electron chi connectivity index (χ0n) is 10.6. The maximum atomic E-state index is 11.3. The predicted molar refractivity (Wildman–Crippen MR) is 67.8 cm³/mol. The first-order chi connectivity index (χ1) is 9.35. The zero-order chi connectivity index (χ0) is 15.3. The number of aromatic amines is 1. The van der Waals surface area contributed by atoms with Gasteiger partial charge in [0.25, 0.3) is 0 Å². The van der Waals surface area contributed by atoms with E-state index in [-0.39, 0.29) is 22.0 Å². The van der Waals surface area contributed by atoms with Crippen molar-refractivity contribution in [1.29, 1.82) is 0 Å². The van der Waals surface area contributed by atoms with E-state index in [9.17, 15) is 19.2 Å². The summed E-state index contributed by atoms with van der Waals surface area (Å²) in [6, 6.07) is 0. The standard InChI is InChI=1S/C10H11N3O6S/c1-4-6(8(15)16)7(13-9(17)11-4)20-3-5(14)12-10(18)19-2/h3H2,1-2H3,(H,15,16)(H,11,13,17)(H,12,14,18). The topological polar surface area (TPSA) is 138 Å². The largest absolute Gasteiger partial charge is 0.478 e. The van der Waals surface area contributed by atoms with Crippen molar-refractivity contribution in [3.63, 3.8) is 0 Å². The highest BCUT2D eigenvalue weighted by Gasteiger charge is 2.18. The Labute approximate surface area is 116 Å². The molecular formula is C10H11N3O6S. The summed E-state index contributed by atoms with van der Waals surface area (Å²) in [5.74, 6) is -2.26. The molecule has 0 atom stereocenters. The smallest absolute Gasteiger partial charge is 0.413 e. The number of hydrogen-bond acceptors (Lipinski definition) is 7. The van der Waals surface area contributed by atoms with Crippen molar-refractivity contribution >= 4 is 29.7 Å². The van der Waals surface area contributed by atoms with Gasteiger partial charge in [-0.15, -0.1) is 0 Å². The highest BCUT2D eigenvalue weighted by atomic mass is 32.2. The van der Waals surface area contributed by atoms with Gasteiger partial charge >= 0.3 is 17.8 Å². The number of rotatable bonds is 4. The molecule has 0 aliphatic carbocycles. The third-order valence-electron chi connectivity index (χ3n) is 2.07. The fraction of sp³-hybridized carbons (Fsp3) is 0.300. The lowest BCUT2D eigenvalue weighted by atomic mass is 10.2. The number of aromatic nitrogens is 2. The van der Waals surface area contributed by atoms with Gasteiger partial charge in [0.1, 0.15) is 10.6 Å². The van der Waals surface area contributed by atoms with Gasteiger partial charge in [-0.25, -0.2) is 14.4 Å². The average molecular weight is 301 g/mol. The minimum absolute atomic E-state index is 0.0984. The molecule has 0 aromatic carbocycles. The number of imide groups is 1. The fourth-order valence-corrected chi connectivity index (χ4v) is 2.12. The Morgan fingerprint density at radius 3 is 2.65 bits per heavy atom. The van der Waals surface area contributed by atoms with Crippen molar-refractivity contribution in [2.75, 3.05) is 12.9 Å². The van der Waals surface area contributed by atoms with Crippen LogP contribution < -0.4 is 11.0 Å². The highest BCUT2D eigenvalue weighted by Crippen LogP contribution is 2.20. The van der Waals surface area contributed by atoms with Gasteiger partial charge in [-0.05, 0) is 6.92 Å². The van der Waals surface area contributed by atoms with Crippen LogP contribution in [0.1, 0.15) is 16.1 Å². The molecule has 0 saturated carbocycles. The minimum Gasteiger partial charge on any atom is -0.478 e. The van der Waals surface area contributed by atoms with E-state index in [1.54, 1.807) is 0 Å². The second kappa shape index (κ2) is 6.70. The molecule has 2 amide bonds. The SMILES string of the molecule is COC(=O)NC(=O)CSc1nc(=O)[nH]c(C)c1C(=O)O. The number of H-pyrrole nitrogens is 1. The number of hydrogen-bond donors (Lipinski definition) is 3. The first kappa shape index (κ1) is 15.7. The number of aryl methyl sites for hydroxylation is 1. The molecule has 0 bridgehead atoms. The zero-order valence-corrected chi connectivity index (χ0v) is 11.4. The van der Waals surface area contributed by atoms with E-state index in [4.69, 9.17) is 5.11 Å². The molecule has 0 aliphatic heterocycles. The molecule has 20 heavy (non-hydrogen) atoms. The molecule has 0 spiro atoms. The fourth-order valence-electron chi connectivity index (χ4n) is 1.25. The molecular weight excluding hydrogens is 290 g/mol. The van der Waals surface area contributed by atoms with E-state index in [1.807, 2.05) is 5.32 Å². The van der Waals surface area contributed by atoms with Crippen molar-refractivity contribution < 1.29 is 24.2 Å². The lowest BCUT2D eigenvalue weighted by Gasteiger charge is -2.06. The first-order valence-electron chi connectivity index (χ1n) is 5.20. The number of carboxylic acids is 1. The molecule has 0 fully saturated rings. The molecule has 0 saturated heterocycles. The number of carbonyl (C=O) groups is 3. The predicted octanol–water partition coefficient (Wildman–Crippen LogP) is -0.249. The first-order valence-corrected chi connectivity index (χ1v) is 6.18. The quantitative estimate of drug-likeness (QED) is 0.511. The number of thioether (sulfide) groups is 1. The van der Waals surface area contributed by atoms with E-state index in [0.29, 0.717) is 0 Å². The maximum absolute atomic E-state index is 11.3. The third kappa shape index (κ3) is 4.09. The van der Waals surface area contributed by atoms with Crippen LogP contribution in [0.2, 0.25) is 0 Å². The van der Waals surface area contributed by atoms with Crippen LogP contribution in [0.5, 0.6) is 0 Å². The van der Waals surface area contributed by atoms with E-state index in [1.165, 1.54) is 6.92 Å². The number of carbonyl (C=O) groups excluding carboxylic acids is 2. The number of methoxy groups -OCH3 is 1. The molecule has 1 rings (SSSR count). The second-order valence-corrected chi connectivity index (χ2v) is 4.44. The van der Waals surface area contributed by atoms with Crippen molar-refractivity contribution in [3.8, 4) is 0 Å². The van der Waals surface area contributed by atoms with E-state index in [0.717, 1.165) is 18.9 Å². The normalized spacial score (nSPS) is 9.90. The summed E-state index contributed by atoms with van der Waals surface area (Å²) in [6.45, 7) is 1.41. The number of amides is 2. The number of carboxylic acid groups (broad SMARTS) is 1. The molecule has 10 heteroatoms. The summed E-state index contributed by atoms with van der Waals surface area (Å²) in [5, 5.41) is 10.8. The Morgan fingerprint density at radius 2 is 2.10 bits per heavy atom. The van der Waals surface area contributed by atoms with Gasteiger partial charge < -0.3 is 14.8 Å². The van der Waals surface area contributed by atoms with Crippen molar-refractivity contribution in [3.05, 3.63) is 21.7 Å². The molecule has 0 aliphatic rings. The van der Waals surface area contributed by atoms with Crippen molar-refractivity contribution in [2.45, 2.75) is 11.9 Å². The van der Waals surface area contributed by atoms with Gasteiger partial charge in [0.15, 0.2) is 0 Å². The summed E-state index contributed by atoms with van der Waals surface area (Å²) in [4.78, 5) is 50.2. The monoisotopic (exact) mass is 301 g/mol. The van der Waals surface area contributed by atoms with Gasteiger partial charge in [0.05, 0.1) is 12.9 Å². The molecule has 0 unspecified atom stereocenters. The van der Waals surface area contributed by atoms with Crippen LogP contribution in [0.4, 0.5) is 4.79 Å². The van der Waals surface area contributed by atoms with Crippen LogP contribution in [0, 0.1) is 6.92 Å². The van der Waals surface area contributed by atoms with E-state index < -0.39 is 23.7 Å². The molecule has 9 nitrogen and oxygen atoms in total. The molecule has 108 valence electrons. The number of nitrogens with zero attached hydrogens (tertiary/aromatic N) is 1. The van der Waals surface area contributed by atoms with Gasteiger partial charge in [-0.2, -0.15) is 4.98 Å². The number of ether oxygens (including phenoxy) is 1. The number of aromatic carboxylic acids is 1. The summed E-state index contributed by atoms with van der Waals surface area (Å²) in [5.41, 5.74) is -0.780. The third-order valence-corrected chi connectivity index (χ3v) is 3.04. The molecule has 1 aromatic heterocycles. The van der Waals surface area contributed by atoms with Crippen LogP contribution in [0.3, 0.4) is 0 Å². The Balaban J connectivity index is 2.87. The molecule has 1 aromatic rings. The Kier molecular flexibility index (Phi) is 5.26. The Hall–Kier alpha value is -2.36. The average Bonchev–Trinajstić information content (AvgIpc) is 2.34. The molecule has 1 heterocycles. The van der Waals surface area contributed by atoms with Gasteiger partial charge in [-0.3, -0.25) is 10.1 Å². The van der Waals surface area contributed by atoms with Gasteiger partial charge in [0.2, 0.25) is 5.91 Å². The summed E-state index contributed by atoms with van der Waals surface area (Å²) < 4.78 is 4.23. The minimum atomic E-state index is -1.28. The lowest BCUT2D eigenvalue weighted by molar-refractivity contribution is -0.117. The highest BCUT2D eigenvalue weighted by molar-refractivity contribution is 8.00. The van der Waals surface area contributed by atoms with E-state index in [2.05, 4.69) is 14.7 Å². The van der Waals surface area contributed by atoms with Gasteiger partial charge in [0, 0.05) is 5.69 Å². The second-order valence-electron chi connectivity index (χ2n) is 3.48. The summed E-state index contributed by atoms with van der Waals surface area (Å²) in [7, 11) is 1.10. The van der Waals surface area contributed by atoms with E-state index >= 15 is 0 Å². The van der Waals surface area contributed by atoms with Crippen LogP contribution >= 0.6 is 11.8 Å². The van der Waals surface area contributed by atoms with Gasteiger partial charge in [-0.1, -0.05) is 11.8 Å². The summed E-state index contributed by atoms with van der Waals surface area (Å²) >= 11 is 0.733. The maximum Gasteiger partial charge on any atom is 0.413 e. The van der Waals surface area contributed by atoms with Crippen LogP contribution in [-0.4, -0.2) is 45.9 Å². The van der Waals surface area contributed by atoms with Crippen LogP contribution in [0.25, 0.3) is 0 Å². The summed E-state index contributed by atoms with van der Waals surface area (Å²) in [6.07, 6.45) is -0.927. The molecule has 0 radical (unpaired) electrons. The molecule has 3 N–H and O–H groups in total. The Bertz CT molecular complexity index is 612. The van der Waals surface area contributed by atoms with Crippen molar-refractivity contribution in [1.82, 2.24) is 15.3 Å². The van der Waals surface area contributed by atoms with Crippen LogP contribution in [0.15, 0.2) is 9.82 Å². The van der Waals surface area contributed by atoms with Crippen LogP contribution in [-0.2, 0) is 9.53 Å². The lowest BCUT2D eigenvalue weighted by Crippen LogP contribution is -2.31. The number of alkyl carbamates (subject to hydrolysis) is 1. The number of nitrogens with one attached hydrogen (secondary N) is 2. The Morgan fingerprint density at radius 1 is 1.45 bits per heavy atom.